The van der Waals surface area contributed by atoms with Crippen LogP contribution in [0.15, 0.2) is 42.6 Å². The van der Waals surface area contributed by atoms with Crippen molar-refractivity contribution in [1.82, 2.24) is 9.55 Å². The van der Waals surface area contributed by atoms with Crippen LogP contribution in [0.1, 0.15) is 6.42 Å². The first-order valence-corrected chi connectivity index (χ1v) is 8.63. The van der Waals surface area contributed by atoms with E-state index in [9.17, 15) is 4.79 Å². The maximum Gasteiger partial charge on any atom is 0.229 e. The lowest BCUT2D eigenvalue weighted by Crippen LogP contribution is -2.16. The summed E-state index contributed by atoms with van der Waals surface area (Å²) in [4.78, 5) is 16.5. The number of anilines is 1. The molecule has 2 atom stereocenters. The molecule has 1 aromatic carbocycles. The van der Waals surface area contributed by atoms with E-state index in [1.54, 1.807) is 13.3 Å². The zero-order valence-corrected chi connectivity index (χ0v) is 14.8. The van der Waals surface area contributed by atoms with Crippen molar-refractivity contribution in [1.29, 1.82) is 0 Å². The molecule has 1 aliphatic rings. The van der Waals surface area contributed by atoms with Crippen molar-refractivity contribution in [3.05, 3.63) is 42.6 Å². The van der Waals surface area contributed by atoms with Gasteiger partial charge in [-0.15, -0.1) is 0 Å². The van der Waals surface area contributed by atoms with Crippen LogP contribution in [0, 0.1) is 11.8 Å². The number of pyridine rings is 1. The van der Waals surface area contributed by atoms with Gasteiger partial charge in [-0.1, -0.05) is 12.1 Å². The average Bonchev–Trinajstić information content (AvgIpc) is 3.39. The van der Waals surface area contributed by atoms with Gasteiger partial charge in [0, 0.05) is 30.5 Å². The number of para-hydroxylation sites is 1. The van der Waals surface area contributed by atoms with Crippen molar-refractivity contribution in [2.75, 3.05) is 19.0 Å². The molecular formula is C20H21N3O3. The first-order chi connectivity index (χ1) is 12.6. The molecule has 6 heteroatoms. The number of carbonyl (C=O) groups is 1. The third-order valence-corrected chi connectivity index (χ3v) is 5.06. The fourth-order valence-corrected chi connectivity index (χ4v) is 3.41. The van der Waals surface area contributed by atoms with Gasteiger partial charge < -0.3 is 19.7 Å². The molecule has 0 bridgehead atoms. The topological polar surface area (TPSA) is 76.4 Å². The molecule has 2 N–H and O–H groups in total. The summed E-state index contributed by atoms with van der Waals surface area (Å²) in [6.07, 6.45) is 2.51. The molecule has 2 heterocycles. The molecule has 0 saturated heterocycles. The van der Waals surface area contributed by atoms with Gasteiger partial charge in [0.15, 0.2) is 0 Å². The van der Waals surface area contributed by atoms with E-state index in [0.29, 0.717) is 5.82 Å². The Labute approximate surface area is 151 Å². The van der Waals surface area contributed by atoms with Gasteiger partial charge in [-0.2, -0.15) is 0 Å². The molecule has 1 amide bonds. The van der Waals surface area contributed by atoms with Gasteiger partial charge in [-0.25, -0.2) is 4.98 Å². The van der Waals surface area contributed by atoms with E-state index < -0.39 is 0 Å². The number of aryl methyl sites for hydroxylation is 1. The summed E-state index contributed by atoms with van der Waals surface area (Å²) in [5, 5.41) is 13.0. The summed E-state index contributed by atoms with van der Waals surface area (Å²) >= 11 is 0. The molecule has 6 nitrogen and oxygen atoms in total. The fraction of sp³-hybridized carbons (Fsp3) is 0.300. The van der Waals surface area contributed by atoms with Crippen LogP contribution in [-0.4, -0.2) is 34.3 Å². The quantitative estimate of drug-likeness (QED) is 0.741. The SMILES string of the molecule is COc1ccccc1-c1cc2cc(NC(=O)[C@@H]3C[C@H]3CO)ncc2n1C. The standard InChI is InChI=1S/C20H21N3O3/c1-23-16(14-5-3-4-6-18(14)26-2)8-12-9-19(21-10-17(12)23)22-20(25)15-7-13(15)11-24/h3-6,8-10,13,15,24H,7,11H2,1-2H3,(H,21,22,25)/t13-,15+/m0/s1. The number of aliphatic hydroxyl groups excluding tert-OH is 1. The summed E-state index contributed by atoms with van der Waals surface area (Å²) in [6.45, 7) is 0.0610. The Morgan fingerprint density at radius 1 is 1.38 bits per heavy atom. The van der Waals surface area contributed by atoms with Gasteiger partial charge in [0.2, 0.25) is 5.91 Å². The second-order valence-corrected chi connectivity index (χ2v) is 6.69. The Bertz CT molecular complexity index is 980. The van der Waals surface area contributed by atoms with E-state index in [-0.39, 0.29) is 24.3 Å². The first kappa shape index (κ1) is 16.6. The average molecular weight is 351 g/mol. The van der Waals surface area contributed by atoms with E-state index in [0.717, 1.165) is 34.3 Å². The minimum atomic E-state index is -0.0996. The van der Waals surface area contributed by atoms with Gasteiger partial charge in [0.25, 0.3) is 0 Å². The zero-order chi connectivity index (χ0) is 18.3. The maximum absolute atomic E-state index is 12.2. The molecule has 0 unspecified atom stereocenters. The maximum atomic E-state index is 12.2. The number of methoxy groups -OCH3 is 1. The van der Waals surface area contributed by atoms with Gasteiger partial charge in [0.1, 0.15) is 11.6 Å². The Morgan fingerprint density at radius 3 is 2.92 bits per heavy atom. The van der Waals surface area contributed by atoms with Crippen molar-refractivity contribution in [3.8, 4) is 17.0 Å². The van der Waals surface area contributed by atoms with Crippen LogP contribution in [0.3, 0.4) is 0 Å². The van der Waals surface area contributed by atoms with Crippen LogP contribution in [0.5, 0.6) is 5.75 Å². The monoisotopic (exact) mass is 351 g/mol. The third kappa shape index (κ3) is 2.82. The fourth-order valence-electron chi connectivity index (χ4n) is 3.41. The summed E-state index contributed by atoms with van der Waals surface area (Å²) in [5.74, 6) is 1.26. The van der Waals surface area contributed by atoms with Crippen molar-refractivity contribution in [3.63, 3.8) is 0 Å². The normalized spacial score (nSPS) is 18.7. The smallest absolute Gasteiger partial charge is 0.229 e. The highest BCUT2D eigenvalue weighted by Crippen LogP contribution is 2.39. The van der Waals surface area contributed by atoms with Gasteiger partial charge in [0.05, 0.1) is 24.5 Å². The number of aromatic nitrogens is 2. The highest BCUT2D eigenvalue weighted by Gasteiger charge is 2.42. The number of nitrogens with one attached hydrogen (secondary N) is 1. The largest absolute Gasteiger partial charge is 0.496 e. The van der Waals surface area contributed by atoms with Crippen molar-refractivity contribution >= 4 is 22.6 Å². The molecule has 3 aromatic rings. The Morgan fingerprint density at radius 2 is 2.19 bits per heavy atom. The second-order valence-electron chi connectivity index (χ2n) is 6.69. The summed E-state index contributed by atoms with van der Waals surface area (Å²) in [7, 11) is 3.65. The van der Waals surface area contributed by atoms with Gasteiger partial charge in [-0.05, 0) is 36.6 Å². The Kier molecular flexibility index (Phi) is 4.12. The van der Waals surface area contributed by atoms with Crippen LogP contribution in [0.4, 0.5) is 5.82 Å². The third-order valence-electron chi connectivity index (χ3n) is 5.06. The van der Waals surface area contributed by atoms with Crippen molar-refractivity contribution in [2.45, 2.75) is 6.42 Å². The molecule has 134 valence electrons. The van der Waals surface area contributed by atoms with Gasteiger partial charge in [-0.3, -0.25) is 4.79 Å². The molecule has 2 aromatic heterocycles. The highest BCUT2D eigenvalue weighted by atomic mass is 16.5. The van der Waals surface area contributed by atoms with E-state index in [1.807, 2.05) is 37.4 Å². The van der Waals surface area contributed by atoms with Crippen molar-refractivity contribution < 1.29 is 14.6 Å². The van der Waals surface area contributed by atoms with Crippen LogP contribution in [0.2, 0.25) is 0 Å². The number of amides is 1. The second kappa shape index (κ2) is 6.46. The molecule has 0 spiro atoms. The Balaban J connectivity index is 1.66. The number of hydrogen-bond donors (Lipinski definition) is 2. The number of rotatable bonds is 5. The number of benzene rings is 1. The number of aliphatic hydroxyl groups is 1. The number of carbonyl (C=O) groups excluding carboxylic acids is 1. The lowest BCUT2D eigenvalue weighted by molar-refractivity contribution is -0.117. The molecular weight excluding hydrogens is 330 g/mol. The minimum Gasteiger partial charge on any atom is -0.496 e. The first-order valence-electron chi connectivity index (χ1n) is 8.63. The molecule has 1 aliphatic carbocycles. The molecule has 0 radical (unpaired) electrons. The van der Waals surface area contributed by atoms with Crippen LogP contribution in [-0.2, 0) is 11.8 Å². The highest BCUT2D eigenvalue weighted by molar-refractivity contribution is 5.96. The zero-order valence-electron chi connectivity index (χ0n) is 14.8. The predicted octanol–water partition coefficient (Wildman–Crippen LogP) is 2.82. The lowest BCUT2D eigenvalue weighted by Gasteiger charge is -2.09. The van der Waals surface area contributed by atoms with Gasteiger partial charge >= 0.3 is 0 Å². The molecule has 1 saturated carbocycles. The van der Waals surface area contributed by atoms with Crippen LogP contribution < -0.4 is 10.1 Å². The summed E-state index contributed by atoms with van der Waals surface area (Å²) in [6, 6.07) is 11.8. The molecule has 1 fully saturated rings. The number of fused-ring (bicyclic) bond motifs is 1. The number of hydrogen-bond acceptors (Lipinski definition) is 4. The van der Waals surface area contributed by atoms with Crippen molar-refractivity contribution in [2.24, 2.45) is 18.9 Å². The van der Waals surface area contributed by atoms with E-state index in [4.69, 9.17) is 9.84 Å². The van der Waals surface area contributed by atoms with Crippen LogP contribution in [0.25, 0.3) is 22.2 Å². The van der Waals surface area contributed by atoms with E-state index >= 15 is 0 Å². The predicted molar refractivity (Wildman–Crippen MR) is 100 cm³/mol. The van der Waals surface area contributed by atoms with Crippen LogP contribution >= 0.6 is 0 Å². The lowest BCUT2D eigenvalue weighted by atomic mass is 10.1. The summed E-state index contributed by atoms with van der Waals surface area (Å²) < 4.78 is 7.54. The summed E-state index contributed by atoms with van der Waals surface area (Å²) in [5.41, 5.74) is 3.00. The Hall–Kier alpha value is -2.86. The molecule has 26 heavy (non-hydrogen) atoms. The number of nitrogens with zero attached hydrogens (tertiary/aromatic N) is 2. The molecule has 4 rings (SSSR count). The number of ether oxygens (including phenoxy) is 1. The molecule has 0 aliphatic heterocycles. The van der Waals surface area contributed by atoms with E-state index in [2.05, 4.69) is 20.9 Å². The van der Waals surface area contributed by atoms with E-state index in [1.165, 1.54) is 0 Å². The minimum absolute atomic E-state index is 0.0610.